The number of halogens is 1. The standard InChI is InChI=1S/C17H18ClN5OS/c1-3-15-20-21-17(23(15)22-8-4-5-9-22)25-11-16(24)19-14-10-13(18)7-6-12(14)2/h4-10H,3,11H2,1-2H3,(H,19,24). The molecule has 0 saturated carbocycles. The summed E-state index contributed by atoms with van der Waals surface area (Å²) in [6.45, 7) is 3.95. The molecule has 1 amide bonds. The molecule has 3 rings (SSSR count). The Morgan fingerprint density at radius 3 is 2.76 bits per heavy atom. The number of benzene rings is 1. The Morgan fingerprint density at radius 1 is 1.28 bits per heavy atom. The molecule has 0 atom stereocenters. The van der Waals surface area contributed by atoms with Gasteiger partial charge in [0.25, 0.3) is 0 Å². The maximum absolute atomic E-state index is 12.3. The summed E-state index contributed by atoms with van der Waals surface area (Å²) in [6.07, 6.45) is 4.59. The van der Waals surface area contributed by atoms with Crippen LogP contribution in [0.5, 0.6) is 0 Å². The van der Waals surface area contributed by atoms with Crippen molar-refractivity contribution in [2.24, 2.45) is 0 Å². The van der Waals surface area contributed by atoms with Crippen LogP contribution < -0.4 is 5.32 Å². The number of carbonyl (C=O) groups excluding carboxylic acids is 1. The lowest BCUT2D eigenvalue weighted by molar-refractivity contribution is -0.113. The van der Waals surface area contributed by atoms with E-state index in [0.717, 1.165) is 23.5 Å². The van der Waals surface area contributed by atoms with Crippen molar-refractivity contribution in [3.63, 3.8) is 0 Å². The number of aryl methyl sites for hydroxylation is 2. The predicted octanol–water partition coefficient (Wildman–Crippen LogP) is 3.65. The Kier molecular flexibility index (Phi) is 5.45. The van der Waals surface area contributed by atoms with E-state index in [1.807, 2.05) is 53.8 Å². The minimum absolute atomic E-state index is 0.115. The lowest BCUT2D eigenvalue weighted by atomic mass is 10.2. The average molecular weight is 376 g/mol. The van der Waals surface area contributed by atoms with E-state index < -0.39 is 0 Å². The van der Waals surface area contributed by atoms with Gasteiger partial charge in [-0.05, 0) is 36.8 Å². The quantitative estimate of drug-likeness (QED) is 0.668. The zero-order chi connectivity index (χ0) is 17.8. The molecule has 0 aliphatic carbocycles. The smallest absolute Gasteiger partial charge is 0.234 e. The summed E-state index contributed by atoms with van der Waals surface area (Å²) in [5.41, 5.74) is 1.69. The molecule has 0 radical (unpaired) electrons. The number of rotatable bonds is 6. The van der Waals surface area contributed by atoms with Crippen LogP contribution in [0.1, 0.15) is 18.3 Å². The van der Waals surface area contributed by atoms with E-state index in [9.17, 15) is 4.79 Å². The normalized spacial score (nSPS) is 10.8. The molecule has 0 aliphatic heterocycles. The van der Waals surface area contributed by atoms with E-state index in [1.165, 1.54) is 11.8 Å². The Labute approximate surface area is 155 Å². The molecule has 0 bridgehead atoms. The summed E-state index contributed by atoms with van der Waals surface area (Å²) in [5.74, 6) is 0.954. The second-order valence-electron chi connectivity index (χ2n) is 5.42. The summed E-state index contributed by atoms with van der Waals surface area (Å²) < 4.78 is 3.81. The lowest BCUT2D eigenvalue weighted by Crippen LogP contribution is -2.16. The molecule has 0 unspecified atom stereocenters. The van der Waals surface area contributed by atoms with Gasteiger partial charge in [-0.15, -0.1) is 10.2 Å². The number of anilines is 1. The number of aromatic nitrogens is 4. The van der Waals surface area contributed by atoms with Crippen LogP contribution in [-0.2, 0) is 11.2 Å². The largest absolute Gasteiger partial charge is 0.325 e. The van der Waals surface area contributed by atoms with Crippen LogP contribution in [0.4, 0.5) is 5.69 Å². The Morgan fingerprint density at radius 2 is 2.04 bits per heavy atom. The van der Waals surface area contributed by atoms with Crippen molar-refractivity contribution in [1.82, 2.24) is 19.5 Å². The summed E-state index contributed by atoms with van der Waals surface area (Å²) in [4.78, 5) is 12.3. The third-order valence-electron chi connectivity index (χ3n) is 3.62. The molecular formula is C17H18ClN5OS. The van der Waals surface area contributed by atoms with Gasteiger partial charge in [-0.2, -0.15) is 0 Å². The van der Waals surface area contributed by atoms with Crippen LogP contribution in [0.15, 0.2) is 47.9 Å². The minimum atomic E-state index is -0.115. The van der Waals surface area contributed by atoms with E-state index in [4.69, 9.17) is 11.6 Å². The molecule has 0 fully saturated rings. The predicted molar refractivity (Wildman–Crippen MR) is 100 cm³/mol. The van der Waals surface area contributed by atoms with Gasteiger partial charge in [0.2, 0.25) is 11.1 Å². The molecular weight excluding hydrogens is 358 g/mol. The van der Waals surface area contributed by atoms with Gasteiger partial charge in [0, 0.05) is 29.5 Å². The third-order valence-corrected chi connectivity index (χ3v) is 4.77. The lowest BCUT2D eigenvalue weighted by Gasteiger charge is -2.11. The number of carbonyl (C=O) groups is 1. The fourth-order valence-corrected chi connectivity index (χ4v) is 3.27. The summed E-state index contributed by atoms with van der Waals surface area (Å²) in [6, 6.07) is 9.29. The molecule has 25 heavy (non-hydrogen) atoms. The Bertz CT molecular complexity index is 875. The Balaban J connectivity index is 1.71. The fourth-order valence-electron chi connectivity index (χ4n) is 2.34. The number of nitrogens with one attached hydrogen (secondary N) is 1. The van der Waals surface area contributed by atoms with Crippen LogP contribution in [0.2, 0.25) is 5.02 Å². The minimum Gasteiger partial charge on any atom is -0.325 e. The van der Waals surface area contributed by atoms with Crippen molar-refractivity contribution in [2.75, 3.05) is 11.1 Å². The van der Waals surface area contributed by atoms with Gasteiger partial charge in [-0.25, -0.2) is 4.68 Å². The topological polar surface area (TPSA) is 64.7 Å². The average Bonchev–Trinajstić information content (AvgIpc) is 3.24. The maximum atomic E-state index is 12.3. The van der Waals surface area contributed by atoms with Crippen LogP contribution >= 0.6 is 23.4 Å². The first kappa shape index (κ1) is 17.6. The van der Waals surface area contributed by atoms with Crippen LogP contribution in [0.3, 0.4) is 0 Å². The van der Waals surface area contributed by atoms with E-state index in [1.54, 1.807) is 12.1 Å². The zero-order valence-electron chi connectivity index (χ0n) is 13.9. The van der Waals surface area contributed by atoms with Crippen molar-refractivity contribution >= 4 is 35.0 Å². The van der Waals surface area contributed by atoms with Gasteiger partial charge >= 0.3 is 0 Å². The highest BCUT2D eigenvalue weighted by Crippen LogP contribution is 2.22. The Hall–Kier alpha value is -2.25. The van der Waals surface area contributed by atoms with Crippen molar-refractivity contribution in [3.05, 3.63) is 59.1 Å². The number of thioether (sulfide) groups is 1. The number of hydrogen-bond acceptors (Lipinski definition) is 4. The van der Waals surface area contributed by atoms with E-state index in [-0.39, 0.29) is 11.7 Å². The summed E-state index contributed by atoms with van der Waals surface area (Å²) in [5, 5.41) is 12.6. The number of amides is 1. The molecule has 0 spiro atoms. The fraction of sp³-hybridized carbons (Fsp3) is 0.235. The van der Waals surface area contributed by atoms with Gasteiger partial charge in [0.15, 0.2) is 5.82 Å². The second kappa shape index (κ2) is 7.76. The highest BCUT2D eigenvalue weighted by molar-refractivity contribution is 7.99. The first-order valence-corrected chi connectivity index (χ1v) is 9.21. The van der Waals surface area contributed by atoms with Gasteiger partial charge < -0.3 is 5.32 Å². The van der Waals surface area contributed by atoms with Crippen molar-refractivity contribution in [3.8, 4) is 0 Å². The van der Waals surface area contributed by atoms with Gasteiger partial charge in [0.05, 0.1) is 5.75 Å². The van der Waals surface area contributed by atoms with Crippen LogP contribution in [0.25, 0.3) is 0 Å². The van der Waals surface area contributed by atoms with Crippen molar-refractivity contribution in [2.45, 2.75) is 25.4 Å². The van der Waals surface area contributed by atoms with Gasteiger partial charge in [0.1, 0.15) is 0 Å². The SMILES string of the molecule is CCc1nnc(SCC(=O)Nc2cc(Cl)ccc2C)n1-n1cccc1. The van der Waals surface area contributed by atoms with E-state index in [0.29, 0.717) is 10.2 Å². The van der Waals surface area contributed by atoms with E-state index in [2.05, 4.69) is 15.5 Å². The van der Waals surface area contributed by atoms with Crippen molar-refractivity contribution < 1.29 is 4.79 Å². The maximum Gasteiger partial charge on any atom is 0.234 e. The molecule has 0 saturated heterocycles. The molecule has 2 heterocycles. The molecule has 1 N–H and O–H groups in total. The van der Waals surface area contributed by atoms with E-state index >= 15 is 0 Å². The summed E-state index contributed by atoms with van der Waals surface area (Å²) >= 11 is 7.33. The van der Waals surface area contributed by atoms with Gasteiger partial charge in [-0.3, -0.25) is 9.47 Å². The molecule has 130 valence electrons. The number of nitrogens with zero attached hydrogens (tertiary/aromatic N) is 4. The monoisotopic (exact) mass is 375 g/mol. The van der Waals surface area contributed by atoms with Crippen LogP contribution in [-0.4, -0.2) is 31.2 Å². The highest BCUT2D eigenvalue weighted by atomic mass is 35.5. The molecule has 8 heteroatoms. The molecule has 6 nitrogen and oxygen atoms in total. The van der Waals surface area contributed by atoms with Crippen molar-refractivity contribution in [1.29, 1.82) is 0 Å². The second-order valence-corrected chi connectivity index (χ2v) is 6.80. The zero-order valence-corrected chi connectivity index (χ0v) is 15.5. The summed E-state index contributed by atoms with van der Waals surface area (Å²) in [7, 11) is 0. The third kappa shape index (κ3) is 4.05. The molecule has 0 aliphatic rings. The highest BCUT2D eigenvalue weighted by Gasteiger charge is 2.14. The first-order valence-electron chi connectivity index (χ1n) is 7.85. The number of hydrogen-bond donors (Lipinski definition) is 1. The van der Waals surface area contributed by atoms with Gasteiger partial charge in [-0.1, -0.05) is 36.4 Å². The van der Waals surface area contributed by atoms with Crippen LogP contribution in [0, 0.1) is 6.92 Å². The molecule has 3 aromatic rings. The molecule has 1 aromatic carbocycles. The first-order chi connectivity index (χ1) is 12.1. The molecule has 2 aromatic heterocycles.